The van der Waals surface area contributed by atoms with Gasteiger partial charge in [-0.25, -0.2) is 5.43 Å². The highest BCUT2D eigenvalue weighted by molar-refractivity contribution is 5.95. The van der Waals surface area contributed by atoms with E-state index < -0.39 is 0 Å². The van der Waals surface area contributed by atoms with Crippen molar-refractivity contribution in [3.63, 3.8) is 0 Å². The Kier molecular flexibility index (Phi) is 8.41. The molecular formula is C35H31N3O3. The molecule has 0 saturated carbocycles. The Morgan fingerprint density at radius 1 is 0.902 bits per heavy atom. The zero-order chi connectivity index (χ0) is 28.6. The smallest absolute Gasteiger partial charge is 0.271 e. The zero-order valence-electron chi connectivity index (χ0n) is 22.8. The Hall–Kier alpha value is -5.36. The van der Waals surface area contributed by atoms with E-state index in [0.29, 0.717) is 35.5 Å². The van der Waals surface area contributed by atoms with Crippen molar-refractivity contribution in [3.05, 3.63) is 139 Å². The molecule has 0 aliphatic carbocycles. The number of amides is 1. The molecule has 0 spiro atoms. The van der Waals surface area contributed by atoms with Crippen LogP contribution in [0.2, 0.25) is 0 Å². The van der Waals surface area contributed by atoms with Crippen LogP contribution in [-0.2, 0) is 6.42 Å². The molecule has 6 heteroatoms. The first-order valence-electron chi connectivity index (χ1n) is 13.4. The van der Waals surface area contributed by atoms with E-state index in [4.69, 9.17) is 4.74 Å². The molecule has 6 nitrogen and oxygen atoms in total. The van der Waals surface area contributed by atoms with Crippen LogP contribution in [0.1, 0.15) is 28.4 Å². The highest BCUT2D eigenvalue weighted by atomic mass is 16.5. The quantitative estimate of drug-likeness (QED) is 0.110. The SMILES string of the molecule is C=CCc1cc(/C=N\NC(=O)c2ccc(-n3c(-c4ccccc4)ccc3-c3ccccc3)cc2)cc(OCC)c1O. The number of phenols is 1. The van der Waals surface area contributed by atoms with Crippen molar-refractivity contribution in [3.8, 4) is 39.7 Å². The van der Waals surface area contributed by atoms with Crippen LogP contribution in [-0.4, -0.2) is 28.4 Å². The van der Waals surface area contributed by atoms with Gasteiger partial charge >= 0.3 is 0 Å². The van der Waals surface area contributed by atoms with Gasteiger partial charge in [-0.05, 0) is 78.6 Å². The van der Waals surface area contributed by atoms with Crippen LogP contribution in [0.4, 0.5) is 0 Å². The fourth-order valence-electron chi connectivity index (χ4n) is 4.72. The van der Waals surface area contributed by atoms with Gasteiger partial charge in [-0.15, -0.1) is 6.58 Å². The second kappa shape index (κ2) is 12.7. The molecule has 2 N–H and O–H groups in total. The molecule has 5 rings (SSSR count). The van der Waals surface area contributed by atoms with Gasteiger partial charge in [-0.2, -0.15) is 5.10 Å². The predicted octanol–water partition coefficient (Wildman–Crippen LogP) is 7.41. The van der Waals surface area contributed by atoms with Gasteiger partial charge in [0.2, 0.25) is 0 Å². The van der Waals surface area contributed by atoms with Crippen LogP contribution in [0.25, 0.3) is 28.2 Å². The van der Waals surface area contributed by atoms with E-state index in [9.17, 15) is 9.90 Å². The summed E-state index contributed by atoms with van der Waals surface area (Å²) in [4.78, 5) is 12.9. The lowest BCUT2D eigenvalue weighted by atomic mass is 10.1. The number of benzene rings is 4. The van der Waals surface area contributed by atoms with E-state index in [2.05, 4.69) is 58.1 Å². The lowest BCUT2D eigenvalue weighted by molar-refractivity contribution is 0.0955. The van der Waals surface area contributed by atoms with Crippen LogP contribution >= 0.6 is 0 Å². The van der Waals surface area contributed by atoms with Gasteiger partial charge in [-0.3, -0.25) is 4.79 Å². The first-order chi connectivity index (χ1) is 20.1. The number of aromatic nitrogens is 1. The average molecular weight is 542 g/mol. The van der Waals surface area contributed by atoms with E-state index in [1.54, 1.807) is 30.3 Å². The van der Waals surface area contributed by atoms with Crippen molar-refractivity contribution in [2.24, 2.45) is 5.10 Å². The number of carbonyl (C=O) groups is 1. The topological polar surface area (TPSA) is 75.9 Å². The number of hydrogen-bond acceptors (Lipinski definition) is 4. The lowest BCUT2D eigenvalue weighted by Gasteiger charge is -2.15. The molecule has 0 atom stereocenters. The van der Waals surface area contributed by atoms with Crippen LogP contribution in [0.3, 0.4) is 0 Å². The molecule has 0 fully saturated rings. The minimum Gasteiger partial charge on any atom is -0.504 e. The number of phenolic OH excluding ortho intramolecular Hbond substituents is 1. The number of hydrogen-bond donors (Lipinski definition) is 2. The third-order valence-electron chi connectivity index (χ3n) is 6.63. The van der Waals surface area contributed by atoms with E-state index in [-0.39, 0.29) is 11.7 Å². The zero-order valence-corrected chi connectivity index (χ0v) is 22.8. The van der Waals surface area contributed by atoms with Gasteiger partial charge in [0, 0.05) is 16.8 Å². The van der Waals surface area contributed by atoms with E-state index in [1.165, 1.54) is 6.21 Å². The van der Waals surface area contributed by atoms with Crippen LogP contribution in [0, 0.1) is 0 Å². The highest BCUT2D eigenvalue weighted by Gasteiger charge is 2.15. The Balaban J connectivity index is 1.38. The number of hydrazone groups is 1. The Morgan fingerprint density at radius 3 is 2.07 bits per heavy atom. The summed E-state index contributed by atoms with van der Waals surface area (Å²) in [5.41, 5.74) is 9.69. The summed E-state index contributed by atoms with van der Waals surface area (Å²) >= 11 is 0. The fourth-order valence-corrected chi connectivity index (χ4v) is 4.72. The van der Waals surface area contributed by atoms with E-state index >= 15 is 0 Å². The van der Waals surface area contributed by atoms with Crippen LogP contribution in [0.5, 0.6) is 11.5 Å². The molecule has 1 aromatic heterocycles. The Labute approximate surface area is 239 Å². The third-order valence-corrected chi connectivity index (χ3v) is 6.63. The van der Waals surface area contributed by atoms with Gasteiger partial charge in [0.15, 0.2) is 11.5 Å². The number of carbonyl (C=O) groups excluding carboxylic acids is 1. The summed E-state index contributed by atoms with van der Waals surface area (Å²) in [5.74, 6) is 0.119. The second-order valence-corrected chi connectivity index (χ2v) is 9.37. The summed E-state index contributed by atoms with van der Waals surface area (Å²) in [6.07, 6.45) is 3.71. The fraction of sp³-hybridized carbons (Fsp3) is 0.0857. The maximum atomic E-state index is 12.9. The van der Waals surface area contributed by atoms with Crippen molar-refractivity contribution in [1.82, 2.24) is 9.99 Å². The van der Waals surface area contributed by atoms with Crippen LogP contribution < -0.4 is 10.2 Å². The molecule has 5 aromatic rings. The summed E-state index contributed by atoms with van der Waals surface area (Å²) in [5, 5.41) is 14.5. The number of nitrogens with zero attached hydrogens (tertiary/aromatic N) is 2. The number of nitrogens with one attached hydrogen (secondary N) is 1. The molecule has 1 amide bonds. The average Bonchev–Trinajstić information content (AvgIpc) is 3.46. The molecule has 0 saturated heterocycles. The normalized spacial score (nSPS) is 11.0. The van der Waals surface area contributed by atoms with Gasteiger partial charge in [0.1, 0.15) is 0 Å². The first-order valence-corrected chi connectivity index (χ1v) is 13.4. The summed E-state index contributed by atoms with van der Waals surface area (Å²) in [6, 6.07) is 35.6. The number of ether oxygens (including phenoxy) is 1. The molecular weight excluding hydrogens is 510 g/mol. The van der Waals surface area contributed by atoms with Crippen molar-refractivity contribution in [2.75, 3.05) is 6.61 Å². The number of rotatable bonds is 10. The van der Waals surface area contributed by atoms with Gasteiger partial charge in [0.25, 0.3) is 5.91 Å². The molecule has 0 bridgehead atoms. The monoisotopic (exact) mass is 541 g/mol. The maximum absolute atomic E-state index is 12.9. The molecule has 0 radical (unpaired) electrons. The summed E-state index contributed by atoms with van der Waals surface area (Å²) in [6.45, 7) is 6.00. The van der Waals surface area contributed by atoms with Gasteiger partial charge < -0.3 is 14.4 Å². The Morgan fingerprint density at radius 2 is 1.51 bits per heavy atom. The third kappa shape index (κ3) is 6.12. The standard InChI is InChI=1S/C35H31N3O3/c1-3-11-29-22-25(23-33(34(29)39)41-4-2)24-36-37-35(40)28-16-18-30(19-17-28)38-31(26-12-7-5-8-13-26)20-21-32(38)27-14-9-6-10-15-27/h3,5-10,12-24,39H,1,4,11H2,2H3,(H,37,40)/b36-24-. The summed E-state index contributed by atoms with van der Waals surface area (Å²) in [7, 11) is 0. The Bertz CT molecular complexity index is 1610. The minimum atomic E-state index is -0.331. The first kappa shape index (κ1) is 27.2. The molecule has 4 aromatic carbocycles. The van der Waals surface area contributed by atoms with Crippen molar-refractivity contribution in [2.45, 2.75) is 13.3 Å². The molecule has 41 heavy (non-hydrogen) atoms. The molecule has 0 unspecified atom stereocenters. The highest BCUT2D eigenvalue weighted by Crippen LogP contribution is 2.33. The predicted molar refractivity (Wildman–Crippen MR) is 165 cm³/mol. The second-order valence-electron chi connectivity index (χ2n) is 9.37. The van der Waals surface area contributed by atoms with Gasteiger partial charge in [-0.1, -0.05) is 66.7 Å². The lowest BCUT2D eigenvalue weighted by Crippen LogP contribution is -2.17. The largest absolute Gasteiger partial charge is 0.504 e. The molecule has 0 aliphatic heterocycles. The van der Waals surface area contributed by atoms with Crippen LogP contribution in [0.15, 0.2) is 127 Å². The number of allylic oxidation sites excluding steroid dienone is 1. The molecule has 1 heterocycles. The summed E-state index contributed by atoms with van der Waals surface area (Å²) < 4.78 is 7.74. The van der Waals surface area contributed by atoms with E-state index in [1.807, 2.05) is 55.5 Å². The van der Waals surface area contributed by atoms with Gasteiger partial charge in [0.05, 0.1) is 24.2 Å². The maximum Gasteiger partial charge on any atom is 0.271 e. The minimum absolute atomic E-state index is 0.0848. The molecule has 204 valence electrons. The number of aromatic hydroxyl groups is 1. The van der Waals surface area contributed by atoms with Crippen molar-refractivity contribution < 1.29 is 14.6 Å². The molecule has 0 aliphatic rings. The van der Waals surface area contributed by atoms with Crippen molar-refractivity contribution >= 4 is 12.1 Å². The van der Waals surface area contributed by atoms with Crippen molar-refractivity contribution in [1.29, 1.82) is 0 Å². The van der Waals surface area contributed by atoms with E-state index in [0.717, 1.165) is 28.2 Å².